The second-order valence-corrected chi connectivity index (χ2v) is 4.23. The maximum Gasteiger partial charge on any atom is 0.182 e. The van der Waals surface area contributed by atoms with Gasteiger partial charge in [-0.2, -0.15) is 0 Å². The molecule has 0 aromatic carbocycles. The molecule has 1 aromatic rings. The quantitative estimate of drug-likeness (QED) is 0.749. The van der Waals surface area contributed by atoms with E-state index in [1.54, 1.807) is 11.3 Å². The van der Waals surface area contributed by atoms with Crippen LogP contribution in [0.25, 0.3) is 0 Å². The molecule has 0 bridgehead atoms. The van der Waals surface area contributed by atoms with Gasteiger partial charge in [-0.3, -0.25) is 0 Å². The Morgan fingerprint density at radius 3 is 2.75 bits per heavy atom. The molecule has 0 aliphatic rings. The average molecular weight is 185 g/mol. The minimum absolute atomic E-state index is 0.00833. The molecule has 0 aliphatic carbocycles. The summed E-state index contributed by atoms with van der Waals surface area (Å²) < 4.78 is 0. The van der Waals surface area contributed by atoms with Crippen molar-refractivity contribution in [3.8, 4) is 0 Å². The molecular formula is C8H15N3S. The number of aromatic nitrogens is 1. The van der Waals surface area contributed by atoms with E-state index in [1.807, 2.05) is 7.05 Å². The van der Waals surface area contributed by atoms with Gasteiger partial charge in [-0.15, -0.1) is 11.3 Å². The van der Waals surface area contributed by atoms with Crippen LogP contribution in [0.1, 0.15) is 19.5 Å². The molecule has 0 atom stereocenters. The molecule has 0 saturated heterocycles. The van der Waals surface area contributed by atoms with Gasteiger partial charge >= 0.3 is 0 Å². The van der Waals surface area contributed by atoms with Crippen molar-refractivity contribution in [1.82, 2.24) is 4.98 Å². The van der Waals surface area contributed by atoms with Gasteiger partial charge in [-0.05, 0) is 0 Å². The van der Waals surface area contributed by atoms with E-state index in [4.69, 9.17) is 5.73 Å². The fourth-order valence-corrected chi connectivity index (χ4v) is 1.67. The largest absolute Gasteiger partial charge is 0.365 e. The van der Waals surface area contributed by atoms with Crippen molar-refractivity contribution in [3.05, 3.63) is 11.1 Å². The van der Waals surface area contributed by atoms with E-state index in [0.717, 1.165) is 10.8 Å². The molecule has 3 nitrogen and oxygen atoms in total. The second-order valence-electron chi connectivity index (χ2n) is 3.38. The van der Waals surface area contributed by atoms with Gasteiger partial charge in [-0.25, -0.2) is 4.98 Å². The minimum atomic E-state index is -0.00833. The Morgan fingerprint density at radius 2 is 2.33 bits per heavy atom. The monoisotopic (exact) mass is 185 g/mol. The first kappa shape index (κ1) is 9.48. The van der Waals surface area contributed by atoms with E-state index in [1.165, 1.54) is 0 Å². The summed E-state index contributed by atoms with van der Waals surface area (Å²) in [4.78, 5) is 4.40. The fourth-order valence-electron chi connectivity index (χ4n) is 0.804. The van der Waals surface area contributed by atoms with E-state index in [-0.39, 0.29) is 5.41 Å². The van der Waals surface area contributed by atoms with Crippen molar-refractivity contribution in [2.75, 3.05) is 18.9 Å². The predicted molar refractivity (Wildman–Crippen MR) is 53.7 cm³/mol. The van der Waals surface area contributed by atoms with Gasteiger partial charge in [0, 0.05) is 24.4 Å². The highest BCUT2D eigenvalue weighted by atomic mass is 32.1. The number of rotatable bonds is 3. The molecule has 0 radical (unpaired) electrons. The normalized spacial score (nSPS) is 11.7. The molecule has 3 N–H and O–H groups in total. The highest BCUT2D eigenvalue weighted by molar-refractivity contribution is 7.13. The lowest BCUT2D eigenvalue weighted by atomic mass is 9.91. The zero-order valence-electron chi connectivity index (χ0n) is 7.72. The third kappa shape index (κ3) is 1.76. The fraction of sp³-hybridized carbons (Fsp3) is 0.625. The summed E-state index contributed by atoms with van der Waals surface area (Å²) in [6, 6.07) is 0. The van der Waals surface area contributed by atoms with Gasteiger partial charge < -0.3 is 11.1 Å². The van der Waals surface area contributed by atoms with Crippen molar-refractivity contribution in [3.63, 3.8) is 0 Å². The zero-order chi connectivity index (χ0) is 9.19. The van der Waals surface area contributed by atoms with E-state index >= 15 is 0 Å². The van der Waals surface area contributed by atoms with Crippen molar-refractivity contribution < 1.29 is 0 Å². The Bertz CT molecular complexity index is 255. The smallest absolute Gasteiger partial charge is 0.182 e. The van der Waals surface area contributed by atoms with Crippen LogP contribution >= 0.6 is 11.3 Å². The first-order chi connectivity index (χ1) is 5.60. The lowest BCUT2D eigenvalue weighted by Crippen LogP contribution is -2.28. The third-order valence-corrected chi connectivity index (χ3v) is 2.78. The van der Waals surface area contributed by atoms with Crippen LogP contribution in [-0.2, 0) is 5.41 Å². The minimum Gasteiger partial charge on any atom is -0.365 e. The van der Waals surface area contributed by atoms with Crippen molar-refractivity contribution in [1.29, 1.82) is 0 Å². The van der Waals surface area contributed by atoms with Gasteiger partial charge in [0.15, 0.2) is 5.13 Å². The van der Waals surface area contributed by atoms with Crippen LogP contribution in [0.2, 0.25) is 0 Å². The molecular weight excluding hydrogens is 170 g/mol. The maximum absolute atomic E-state index is 5.63. The Balaban J connectivity index is 2.88. The molecule has 0 unspecified atom stereocenters. The Kier molecular flexibility index (Phi) is 2.69. The maximum atomic E-state index is 5.63. The number of hydrogen-bond acceptors (Lipinski definition) is 4. The summed E-state index contributed by atoms with van der Waals surface area (Å²) >= 11 is 1.61. The van der Waals surface area contributed by atoms with Crippen LogP contribution in [0.3, 0.4) is 0 Å². The van der Waals surface area contributed by atoms with E-state index in [2.05, 4.69) is 29.5 Å². The summed E-state index contributed by atoms with van der Waals surface area (Å²) in [6.07, 6.45) is 0. The number of hydrogen-bond donors (Lipinski definition) is 2. The van der Waals surface area contributed by atoms with E-state index in [0.29, 0.717) is 6.54 Å². The summed E-state index contributed by atoms with van der Waals surface area (Å²) in [5.74, 6) is 0. The molecule has 0 amide bonds. The molecule has 0 spiro atoms. The van der Waals surface area contributed by atoms with E-state index in [9.17, 15) is 0 Å². The highest BCUT2D eigenvalue weighted by Crippen LogP contribution is 2.25. The van der Waals surface area contributed by atoms with E-state index < -0.39 is 0 Å². The first-order valence-corrected chi connectivity index (χ1v) is 4.82. The molecule has 1 heterocycles. The van der Waals surface area contributed by atoms with Crippen LogP contribution in [0.4, 0.5) is 5.13 Å². The predicted octanol–water partition coefficient (Wildman–Crippen LogP) is 1.42. The molecule has 0 fully saturated rings. The molecule has 1 rings (SSSR count). The van der Waals surface area contributed by atoms with Crippen molar-refractivity contribution in [2.24, 2.45) is 5.73 Å². The number of anilines is 1. The molecule has 4 heteroatoms. The van der Waals surface area contributed by atoms with Crippen LogP contribution in [-0.4, -0.2) is 18.6 Å². The van der Waals surface area contributed by atoms with Gasteiger partial charge in [-0.1, -0.05) is 13.8 Å². The van der Waals surface area contributed by atoms with Crippen molar-refractivity contribution in [2.45, 2.75) is 19.3 Å². The van der Waals surface area contributed by atoms with Crippen LogP contribution in [0.15, 0.2) is 5.38 Å². The Morgan fingerprint density at radius 1 is 1.67 bits per heavy atom. The molecule has 68 valence electrons. The molecule has 0 saturated carbocycles. The summed E-state index contributed by atoms with van der Waals surface area (Å²) in [5, 5.41) is 6.01. The number of thiazole rings is 1. The summed E-state index contributed by atoms with van der Waals surface area (Å²) in [6.45, 7) is 4.82. The highest BCUT2D eigenvalue weighted by Gasteiger charge is 2.21. The second kappa shape index (κ2) is 3.41. The van der Waals surface area contributed by atoms with Gasteiger partial charge in [0.2, 0.25) is 0 Å². The third-order valence-electron chi connectivity index (χ3n) is 1.92. The van der Waals surface area contributed by atoms with Gasteiger partial charge in [0.1, 0.15) is 0 Å². The van der Waals surface area contributed by atoms with Gasteiger partial charge in [0.05, 0.1) is 5.69 Å². The standard InChI is InChI=1S/C8H15N3S/c1-8(2,5-9)6-4-12-7(10-3)11-6/h4H,5,9H2,1-3H3,(H,10,11). The van der Waals surface area contributed by atoms with Gasteiger partial charge in [0.25, 0.3) is 0 Å². The lowest BCUT2D eigenvalue weighted by molar-refractivity contribution is 0.525. The lowest BCUT2D eigenvalue weighted by Gasteiger charge is -2.18. The number of nitrogens with zero attached hydrogens (tertiary/aromatic N) is 1. The number of nitrogens with one attached hydrogen (secondary N) is 1. The summed E-state index contributed by atoms with van der Waals surface area (Å²) in [5.41, 5.74) is 6.69. The number of nitrogens with two attached hydrogens (primary N) is 1. The van der Waals surface area contributed by atoms with Crippen molar-refractivity contribution >= 4 is 16.5 Å². The molecule has 1 aromatic heterocycles. The molecule has 0 aliphatic heterocycles. The van der Waals surface area contributed by atoms with Crippen LogP contribution in [0.5, 0.6) is 0 Å². The van der Waals surface area contributed by atoms with Crippen LogP contribution in [0, 0.1) is 0 Å². The Labute approximate surface area is 77.0 Å². The first-order valence-electron chi connectivity index (χ1n) is 3.94. The SMILES string of the molecule is CNc1nc(C(C)(C)CN)cs1. The zero-order valence-corrected chi connectivity index (χ0v) is 8.53. The summed E-state index contributed by atoms with van der Waals surface area (Å²) in [7, 11) is 1.87. The Hall–Kier alpha value is -0.610. The topological polar surface area (TPSA) is 50.9 Å². The average Bonchev–Trinajstić information content (AvgIpc) is 2.52. The molecule has 12 heavy (non-hydrogen) atoms. The van der Waals surface area contributed by atoms with Crippen LogP contribution < -0.4 is 11.1 Å².